The molecule has 118 valence electrons. The smallest absolute Gasteiger partial charge is 0.244 e. The monoisotopic (exact) mass is 440 g/mol. The first kappa shape index (κ1) is 17.4. The van der Waals surface area contributed by atoms with Crippen LogP contribution in [0.5, 0.6) is 0 Å². The maximum atomic E-state index is 12.9. The minimum Gasteiger partial charge on any atom is -0.392 e. The second kappa shape index (κ2) is 6.64. The molecule has 0 spiro atoms. The van der Waals surface area contributed by atoms with E-state index in [2.05, 4.69) is 31.9 Å². The summed E-state index contributed by atoms with van der Waals surface area (Å²) in [6.45, 7) is 0.724. The number of hydrogen-bond acceptors (Lipinski definition) is 4. The molecule has 21 heavy (non-hydrogen) atoms. The van der Waals surface area contributed by atoms with Gasteiger partial charge in [0.2, 0.25) is 10.0 Å². The molecule has 8 heteroatoms. The molecule has 2 rings (SSSR count). The summed E-state index contributed by atoms with van der Waals surface area (Å²) in [5.41, 5.74) is 0. The Labute approximate surface area is 142 Å². The second-order valence-corrected chi connectivity index (χ2v) is 9.08. The highest BCUT2D eigenvalue weighted by molar-refractivity contribution is 9.11. The number of sulfonamides is 1. The molecule has 0 aliphatic carbocycles. The van der Waals surface area contributed by atoms with Gasteiger partial charge in [-0.3, -0.25) is 0 Å². The van der Waals surface area contributed by atoms with Crippen molar-refractivity contribution in [2.45, 2.75) is 23.5 Å². The van der Waals surface area contributed by atoms with Gasteiger partial charge in [-0.05, 0) is 54.6 Å². The molecule has 1 fully saturated rings. The lowest BCUT2D eigenvalue weighted by atomic mass is 10.2. The normalized spacial score (nSPS) is 23.9. The Morgan fingerprint density at radius 3 is 2.67 bits per heavy atom. The Hall–Kier alpha value is 0.01000. The first-order valence-electron chi connectivity index (χ1n) is 6.51. The molecule has 0 saturated carbocycles. The molecule has 0 amide bonds. The minimum absolute atomic E-state index is 0.139. The van der Waals surface area contributed by atoms with Crippen LogP contribution in [0.4, 0.5) is 0 Å². The molecule has 5 nitrogen and oxygen atoms in total. The van der Waals surface area contributed by atoms with Crippen molar-refractivity contribution >= 4 is 41.9 Å². The van der Waals surface area contributed by atoms with Gasteiger partial charge in [0.05, 0.1) is 11.0 Å². The Morgan fingerprint density at radius 1 is 1.38 bits per heavy atom. The average molecular weight is 442 g/mol. The van der Waals surface area contributed by atoms with Crippen LogP contribution in [0.3, 0.4) is 0 Å². The summed E-state index contributed by atoms with van der Waals surface area (Å²) in [7, 11) is 0.137. The highest BCUT2D eigenvalue weighted by Crippen LogP contribution is 2.32. The third-order valence-electron chi connectivity index (χ3n) is 3.40. The third kappa shape index (κ3) is 3.86. The standard InChI is InChI=1S/C13H18Br2N2O3S/c1-16(2)7-10-6-11(18)8-17(10)21(19,20)13-5-9(14)3-4-12(13)15/h3-5,10-11,18H,6-8H2,1-2H3. The van der Waals surface area contributed by atoms with Crippen LogP contribution in [0, 0.1) is 0 Å². The highest BCUT2D eigenvalue weighted by Gasteiger charge is 2.40. The molecule has 0 bridgehead atoms. The number of aliphatic hydroxyl groups is 1. The van der Waals surface area contributed by atoms with E-state index in [1.165, 1.54) is 4.31 Å². The van der Waals surface area contributed by atoms with Crippen LogP contribution in [0.15, 0.2) is 32.0 Å². The molecule has 1 aliphatic rings. The van der Waals surface area contributed by atoms with E-state index < -0.39 is 16.1 Å². The first-order chi connectivity index (χ1) is 9.71. The molecule has 1 aromatic carbocycles. The van der Waals surface area contributed by atoms with Gasteiger partial charge in [-0.1, -0.05) is 15.9 Å². The average Bonchev–Trinajstić information content (AvgIpc) is 2.73. The highest BCUT2D eigenvalue weighted by atomic mass is 79.9. The molecule has 0 aromatic heterocycles. The van der Waals surface area contributed by atoms with Crippen molar-refractivity contribution < 1.29 is 13.5 Å². The van der Waals surface area contributed by atoms with Crippen molar-refractivity contribution in [2.24, 2.45) is 0 Å². The van der Waals surface area contributed by atoms with E-state index in [1.807, 2.05) is 19.0 Å². The molecule has 1 heterocycles. The Kier molecular flexibility index (Phi) is 5.49. The van der Waals surface area contributed by atoms with Crippen molar-refractivity contribution in [1.29, 1.82) is 0 Å². The largest absolute Gasteiger partial charge is 0.392 e. The van der Waals surface area contributed by atoms with Crippen LogP contribution in [0.25, 0.3) is 0 Å². The first-order valence-corrected chi connectivity index (χ1v) is 9.54. The van der Waals surface area contributed by atoms with E-state index in [0.29, 0.717) is 21.9 Å². The number of nitrogens with zero attached hydrogens (tertiary/aromatic N) is 2. The van der Waals surface area contributed by atoms with Gasteiger partial charge < -0.3 is 10.0 Å². The third-order valence-corrected chi connectivity index (χ3v) is 6.80. The maximum Gasteiger partial charge on any atom is 0.244 e. The van der Waals surface area contributed by atoms with Crippen molar-refractivity contribution in [2.75, 3.05) is 27.2 Å². The molecule has 1 aromatic rings. The second-order valence-electron chi connectivity index (χ2n) is 5.46. The van der Waals surface area contributed by atoms with E-state index in [9.17, 15) is 13.5 Å². The maximum absolute atomic E-state index is 12.9. The Balaban J connectivity index is 2.39. The minimum atomic E-state index is -3.65. The van der Waals surface area contributed by atoms with Crippen LogP contribution in [0.1, 0.15) is 6.42 Å². The molecule has 1 N–H and O–H groups in total. The summed E-state index contributed by atoms with van der Waals surface area (Å²) in [5.74, 6) is 0. The summed E-state index contributed by atoms with van der Waals surface area (Å²) in [6.07, 6.45) is -0.154. The number of halogens is 2. The number of aliphatic hydroxyl groups excluding tert-OH is 1. The Morgan fingerprint density at radius 2 is 2.05 bits per heavy atom. The van der Waals surface area contributed by atoms with Crippen molar-refractivity contribution in [3.63, 3.8) is 0 Å². The van der Waals surface area contributed by atoms with Gasteiger partial charge in [0.25, 0.3) is 0 Å². The van der Waals surface area contributed by atoms with Crippen LogP contribution in [-0.2, 0) is 10.0 Å². The molecule has 2 atom stereocenters. The summed E-state index contributed by atoms with van der Waals surface area (Å²) in [6, 6.07) is 4.84. The van der Waals surface area contributed by atoms with Crippen LogP contribution in [-0.4, -0.2) is 62.1 Å². The summed E-state index contributed by atoms with van der Waals surface area (Å²) < 4.78 is 28.4. The zero-order valence-electron chi connectivity index (χ0n) is 11.8. The molecule has 1 saturated heterocycles. The van der Waals surface area contributed by atoms with E-state index in [4.69, 9.17) is 0 Å². The number of likely N-dealkylation sites (N-methyl/N-ethyl adjacent to an activating group) is 1. The lowest BCUT2D eigenvalue weighted by Gasteiger charge is -2.26. The van der Waals surface area contributed by atoms with E-state index >= 15 is 0 Å². The van der Waals surface area contributed by atoms with Gasteiger partial charge in [0.1, 0.15) is 0 Å². The zero-order chi connectivity index (χ0) is 15.8. The lowest BCUT2D eigenvalue weighted by Crippen LogP contribution is -2.41. The van der Waals surface area contributed by atoms with Crippen molar-refractivity contribution in [3.8, 4) is 0 Å². The van der Waals surface area contributed by atoms with Crippen LogP contribution in [0.2, 0.25) is 0 Å². The Bertz CT molecular complexity index is 622. The lowest BCUT2D eigenvalue weighted by molar-refractivity contribution is 0.188. The topological polar surface area (TPSA) is 60.9 Å². The number of hydrogen-bond donors (Lipinski definition) is 1. The van der Waals surface area contributed by atoms with Crippen LogP contribution < -0.4 is 0 Å². The molecule has 0 radical (unpaired) electrons. The molecular formula is C13H18Br2N2O3S. The molecular weight excluding hydrogens is 424 g/mol. The number of benzene rings is 1. The van der Waals surface area contributed by atoms with Crippen LogP contribution >= 0.6 is 31.9 Å². The predicted octanol–water partition coefficient (Wildman–Crippen LogP) is 1.90. The summed E-state index contributed by atoms with van der Waals surface area (Å²) in [5, 5.41) is 9.87. The summed E-state index contributed by atoms with van der Waals surface area (Å²) >= 11 is 6.60. The van der Waals surface area contributed by atoms with E-state index in [1.54, 1.807) is 18.2 Å². The number of β-amino-alcohol motifs (C(OH)–C–C–N with tert-alkyl or cyclic N) is 1. The molecule has 1 aliphatic heterocycles. The summed E-state index contributed by atoms with van der Waals surface area (Å²) in [4.78, 5) is 2.15. The van der Waals surface area contributed by atoms with E-state index in [-0.39, 0.29) is 17.5 Å². The van der Waals surface area contributed by atoms with Gasteiger partial charge in [-0.15, -0.1) is 0 Å². The molecule has 2 unspecified atom stereocenters. The fourth-order valence-corrected chi connectivity index (χ4v) is 5.68. The SMILES string of the molecule is CN(C)CC1CC(O)CN1S(=O)(=O)c1cc(Br)ccc1Br. The van der Waals surface area contributed by atoms with Gasteiger partial charge >= 0.3 is 0 Å². The van der Waals surface area contributed by atoms with Crippen molar-refractivity contribution in [3.05, 3.63) is 27.1 Å². The van der Waals surface area contributed by atoms with Gasteiger partial charge in [-0.2, -0.15) is 4.31 Å². The fraction of sp³-hybridized carbons (Fsp3) is 0.538. The fourth-order valence-electron chi connectivity index (χ4n) is 2.55. The zero-order valence-corrected chi connectivity index (χ0v) is 15.8. The van der Waals surface area contributed by atoms with Crippen molar-refractivity contribution in [1.82, 2.24) is 9.21 Å². The van der Waals surface area contributed by atoms with Gasteiger partial charge in [0, 0.05) is 28.1 Å². The van der Waals surface area contributed by atoms with Gasteiger partial charge in [0.15, 0.2) is 0 Å². The quantitative estimate of drug-likeness (QED) is 0.775. The van der Waals surface area contributed by atoms with Gasteiger partial charge in [-0.25, -0.2) is 8.42 Å². The predicted molar refractivity (Wildman–Crippen MR) is 88.7 cm³/mol. The number of rotatable bonds is 4. The van der Waals surface area contributed by atoms with E-state index in [0.717, 1.165) is 0 Å².